The van der Waals surface area contributed by atoms with Gasteiger partial charge in [0.05, 0.1) is 12.2 Å². The van der Waals surface area contributed by atoms with Crippen LogP contribution in [-0.4, -0.2) is 12.4 Å². The molecule has 0 fully saturated rings. The molecule has 0 radical (unpaired) electrons. The Balaban J connectivity index is 2.43. The lowest BCUT2D eigenvalue weighted by Gasteiger charge is -2.13. The van der Waals surface area contributed by atoms with Crippen LogP contribution in [0.15, 0.2) is 36.4 Å². The molecule has 1 atom stereocenters. The van der Waals surface area contributed by atoms with Crippen molar-refractivity contribution >= 4 is 14.0 Å². The molecule has 0 spiro atoms. The predicted octanol–water partition coefficient (Wildman–Crippen LogP) is 4.65. The van der Waals surface area contributed by atoms with Gasteiger partial charge in [-0.25, -0.2) is 4.57 Å². The zero-order chi connectivity index (χ0) is 17.0. The van der Waals surface area contributed by atoms with Gasteiger partial charge in [0.2, 0.25) is 0 Å². The average Bonchev–Trinajstić information content (AvgIpc) is 2.46. The normalized spacial score (nSPS) is 12.0. The van der Waals surface area contributed by atoms with Gasteiger partial charge in [-0.15, -0.1) is 0 Å². The molecule has 1 unspecified atom stereocenters. The Morgan fingerprint density at radius 2 is 1.70 bits per heavy atom. The highest BCUT2D eigenvalue weighted by Crippen LogP contribution is 2.32. The number of carbonyl (C=O) groups is 1. The van der Waals surface area contributed by atoms with E-state index in [2.05, 4.69) is 0 Å². The molecule has 2 rings (SSSR count). The van der Waals surface area contributed by atoms with Gasteiger partial charge in [0.15, 0.2) is 5.78 Å². The fraction of sp³-hybridized carbons (Fsp3) is 0.278. The third kappa shape index (κ3) is 4.10. The van der Waals surface area contributed by atoms with Gasteiger partial charge in [-0.05, 0) is 51.0 Å². The van der Waals surface area contributed by atoms with Crippen LogP contribution in [-0.2, 0) is 9.09 Å². The lowest BCUT2D eigenvalue weighted by molar-refractivity contribution is 0.103. The van der Waals surface area contributed by atoms with Crippen LogP contribution in [0.25, 0.3) is 0 Å². The third-order valence-electron chi connectivity index (χ3n) is 3.49. The largest absolute Gasteiger partial charge is 0.425 e. The van der Waals surface area contributed by atoms with E-state index in [1.807, 2.05) is 32.9 Å². The van der Waals surface area contributed by atoms with Crippen molar-refractivity contribution in [1.82, 2.24) is 0 Å². The molecule has 4 nitrogen and oxygen atoms in total. The summed E-state index contributed by atoms with van der Waals surface area (Å²) < 4.78 is 22.0. The zero-order valence-corrected chi connectivity index (χ0v) is 14.8. The third-order valence-corrected chi connectivity index (χ3v) is 4.40. The summed E-state index contributed by atoms with van der Waals surface area (Å²) in [6.45, 7) is 7.87. The lowest BCUT2D eigenvalue weighted by atomic mass is 9.93. The summed E-state index contributed by atoms with van der Waals surface area (Å²) in [6.07, 6.45) is 0. The Morgan fingerprint density at radius 1 is 1.09 bits per heavy atom. The SMILES string of the molecule is CCO[PH](=O)Oc1ccccc1C(=O)c1c(C)cc(C)cc1C. The first-order valence-electron chi connectivity index (χ1n) is 7.50. The van der Waals surface area contributed by atoms with E-state index in [-0.39, 0.29) is 11.5 Å². The number of rotatable bonds is 6. The van der Waals surface area contributed by atoms with Crippen LogP contribution >= 0.6 is 8.25 Å². The van der Waals surface area contributed by atoms with Crippen LogP contribution in [0.5, 0.6) is 5.75 Å². The van der Waals surface area contributed by atoms with E-state index in [1.54, 1.807) is 31.2 Å². The van der Waals surface area contributed by atoms with E-state index in [0.717, 1.165) is 16.7 Å². The van der Waals surface area contributed by atoms with Gasteiger partial charge in [-0.3, -0.25) is 4.79 Å². The van der Waals surface area contributed by atoms with Crippen LogP contribution in [0.4, 0.5) is 0 Å². The van der Waals surface area contributed by atoms with Gasteiger partial charge < -0.3 is 9.05 Å². The van der Waals surface area contributed by atoms with E-state index in [9.17, 15) is 9.36 Å². The van der Waals surface area contributed by atoms with Gasteiger partial charge in [0, 0.05) is 5.56 Å². The Kier molecular flexibility index (Phi) is 5.75. The van der Waals surface area contributed by atoms with E-state index in [0.29, 0.717) is 17.7 Å². The summed E-state index contributed by atoms with van der Waals surface area (Å²) in [5, 5.41) is 0. The molecule has 0 aromatic heterocycles. The lowest BCUT2D eigenvalue weighted by Crippen LogP contribution is -2.08. The minimum Gasteiger partial charge on any atom is -0.425 e. The summed E-state index contributed by atoms with van der Waals surface area (Å²) in [6, 6.07) is 10.8. The number of aryl methyl sites for hydroxylation is 3. The summed E-state index contributed by atoms with van der Waals surface area (Å²) in [5.41, 5.74) is 3.99. The van der Waals surface area contributed by atoms with Crippen LogP contribution < -0.4 is 4.52 Å². The second kappa shape index (κ2) is 7.58. The minimum absolute atomic E-state index is 0.137. The zero-order valence-electron chi connectivity index (χ0n) is 13.8. The Hall–Kier alpha value is -1.90. The molecule has 0 N–H and O–H groups in total. The molecule has 0 aliphatic heterocycles. The molecule has 0 aliphatic carbocycles. The van der Waals surface area contributed by atoms with Crippen molar-refractivity contribution in [2.24, 2.45) is 0 Å². The molecule has 0 heterocycles. The van der Waals surface area contributed by atoms with Gasteiger partial charge >= 0.3 is 8.25 Å². The second-order valence-electron chi connectivity index (χ2n) is 5.38. The van der Waals surface area contributed by atoms with Crippen LogP contribution in [0.3, 0.4) is 0 Å². The molecular formula is C18H21O4P. The van der Waals surface area contributed by atoms with E-state index >= 15 is 0 Å². The number of para-hydroxylation sites is 1. The average molecular weight is 332 g/mol. The van der Waals surface area contributed by atoms with Gasteiger partial charge in [0.1, 0.15) is 5.75 Å². The summed E-state index contributed by atoms with van der Waals surface area (Å²) >= 11 is 0. The molecule has 0 amide bonds. The molecule has 2 aromatic carbocycles. The molecule has 2 aromatic rings. The van der Waals surface area contributed by atoms with E-state index in [4.69, 9.17) is 9.05 Å². The molecule has 5 heteroatoms. The van der Waals surface area contributed by atoms with E-state index < -0.39 is 8.25 Å². The highest BCUT2D eigenvalue weighted by Gasteiger charge is 2.19. The summed E-state index contributed by atoms with van der Waals surface area (Å²) in [5.74, 6) is 0.149. The van der Waals surface area contributed by atoms with Crippen molar-refractivity contribution in [3.8, 4) is 5.75 Å². The number of hydrogen-bond acceptors (Lipinski definition) is 4. The van der Waals surface area contributed by atoms with Crippen molar-refractivity contribution < 1.29 is 18.4 Å². The van der Waals surface area contributed by atoms with Crippen molar-refractivity contribution in [3.05, 3.63) is 64.2 Å². The Morgan fingerprint density at radius 3 is 2.30 bits per heavy atom. The van der Waals surface area contributed by atoms with Crippen LogP contribution in [0.2, 0.25) is 0 Å². The molecule has 0 aliphatic rings. The van der Waals surface area contributed by atoms with Gasteiger partial charge in [0.25, 0.3) is 0 Å². The number of hydrogen-bond donors (Lipinski definition) is 0. The summed E-state index contributed by atoms with van der Waals surface area (Å²) in [4.78, 5) is 12.9. The maximum absolute atomic E-state index is 12.9. The molecular weight excluding hydrogens is 311 g/mol. The number of carbonyl (C=O) groups excluding carboxylic acids is 1. The highest BCUT2D eigenvalue weighted by molar-refractivity contribution is 7.33. The Labute approximate surface area is 137 Å². The number of ketones is 1. The van der Waals surface area contributed by atoms with E-state index in [1.165, 1.54) is 0 Å². The second-order valence-corrected chi connectivity index (χ2v) is 6.38. The maximum Gasteiger partial charge on any atom is 0.367 e. The molecule has 0 saturated heterocycles. The van der Waals surface area contributed by atoms with Crippen molar-refractivity contribution in [2.45, 2.75) is 27.7 Å². The first-order valence-corrected chi connectivity index (χ1v) is 8.72. The molecule has 122 valence electrons. The Bertz CT molecular complexity index is 729. The quantitative estimate of drug-likeness (QED) is 0.571. The monoisotopic (exact) mass is 332 g/mol. The van der Waals surface area contributed by atoms with Gasteiger partial charge in [-0.1, -0.05) is 29.8 Å². The van der Waals surface area contributed by atoms with Crippen molar-refractivity contribution in [1.29, 1.82) is 0 Å². The molecule has 23 heavy (non-hydrogen) atoms. The minimum atomic E-state index is -2.66. The number of benzene rings is 2. The molecule has 0 saturated carbocycles. The standard InChI is InChI=1S/C18H21O4P/c1-5-21-23(20)22-16-9-7-6-8-15(16)18(19)17-13(3)10-12(2)11-14(17)4/h6-11,23H,5H2,1-4H3. The molecule has 0 bridgehead atoms. The highest BCUT2D eigenvalue weighted by atomic mass is 31.1. The maximum atomic E-state index is 12.9. The summed E-state index contributed by atoms with van der Waals surface area (Å²) in [7, 11) is -2.66. The van der Waals surface area contributed by atoms with Crippen LogP contribution in [0.1, 0.15) is 39.5 Å². The van der Waals surface area contributed by atoms with Gasteiger partial charge in [-0.2, -0.15) is 0 Å². The van der Waals surface area contributed by atoms with Crippen molar-refractivity contribution in [3.63, 3.8) is 0 Å². The topological polar surface area (TPSA) is 52.6 Å². The fourth-order valence-corrected chi connectivity index (χ4v) is 3.31. The van der Waals surface area contributed by atoms with Crippen molar-refractivity contribution in [2.75, 3.05) is 6.61 Å². The van der Waals surface area contributed by atoms with Crippen LogP contribution in [0, 0.1) is 20.8 Å². The first kappa shape index (κ1) is 17.5. The predicted molar refractivity (Wildman–Crippen MR) is 91.8 cm³/mol. The smallest absolute Gasteiger partial charge is 0.367 e. The fourth-order valence-electron chi connectivity index (χ4n) is 2.65. The first-order chi connectivity index (χ1) is 10.9.